The zero-order valence-electron chi connectivity index (χ0n) is 12.8. The van der Waals surface area contributed by atoms with Crippen LogP contribution in [0, 0.1) is 5.41 Å². The molecule has 5 nitrogen and oxygen atoms in total. The van der Waals surface area contributed by atoms with E-state index in [0.717, 1.165) is 29.1 Å². The van der Waals surface area contributed by atoms with Crippen molar-refractivity contribution in [2.24, 2.45) is 0 Å². The summed E-state index contributed by atoms with van der Waals surface area (Å²) in [5, 5.41) is 24.0. The zero-order valence-corrected chi connectivity index (χ0v) is 12.8. The van der Waals surface area contributed by atoms with Gasteiger partial charge in [0.1, 0.15) is 22.0 Å². The summed E-state index contributed by atoms with van der Waals surface area (Å²) in [4.78, 5) is 4.72. The molecule has 0 saturated carbocycles. The molecule has 1 atom stereocenters. The minimum absolute atomic E-state index is 0.140. The second kappa shape index (κ2) is 5.21. The molecule has 3 N–H and O–H groups in total. The maximum absolute atomic E-state index is 10.2. The van der Waals surface area contributed by atoms with Gasteiger partial charge in [-0.05, 0) is 37.2 Å². The smallest absolute Gasteiger partial charge is 0.157 e. The summed E-state index contributed by atoms with van der Waals surface area (Å²) in [6.07, 6.45) is 4.97. The number of hydrogen-bond acceptors (Lipinski definition) is 5. The number of phenols is 1. The van der Waals surface area contributed by atoms with E-state index in [0.29, 0.717) is 21.8 Å². The largest absolute Gasteiger partial charge is 0.507 e. The third kappa shape index (κ3) is 2.29. The standard InChI is InChI=1S/C18H17N3O2/c1-2-20-11-4-6-14-16(8-11)23-17-9-15(22)12-5-3-10(19)7-13(12)18(17)21-14/h3,5-9,11,19-20,22H,2,4H2,1H3/t11-/m0/s1. The van der Waals surface area contributed by atoms with E-state index in [2.05, 4.69) is 18.3 Å². The normalized spacial score (nSPS) is 16.8. The van der Waals surface area contributed by atoms with E-state index in [1.807, 2.05) is 6.08 Å². The summed E-state index contributed by atoms with van der Waals surface area (Å²) in [6, 6.07) is 6.94. The molecule has 0 bridgehead atoms. The summed E-state index contributed by atoms with van der Waals surface area (Å²) in [5.41, 5.74) is 1.92. The van der Waals surface area contributed by atoms with Crippen molar-refractivity contribution in [3.8, 4) is 5.75 Å². The Morgan fingerprint density at radius 3 is 3.04 bits per heavy atom. The average Bonchev–Trinajstić information content (AvgIpc) is 2.53. The molecule has 4 rings (SSSR count). The SMILES string of the molecule is CCN[C@@H]1C=c2oc3cc(O)c4ccc(=N)cc4c3nc2=CC1. The van der Waals surface area contributed by atoms with Crippen LogP contribution >= 0.6 is 0 Å². The molecule has 0 spiro atoms. The zero-order chi connectivity index (χ0) is 16.0. The lowest BCUT2D eigenvalue weighted by Crippen LogP contribution is -2.38. The number of hydrogen-bond donors (Lipinski definition) is 3. The maximum Gasteiger partial charge on any atom is 0.157 e. The first-order valence-electron chi connectivity index (χ1n) is 7.72. The average molecular weight is 307 g/mol. The molecule has 3 aromatic rings. The van der Waals surface area contributed by atoms with Crippen LogP contribution in [0.3, 0.4) is 0 Å². The molecule has 0 aliphatic heterocycles. The van der Waals surface area contributed by atoms with E-state index < -0.39 is 0 Å². The van der Waals surface area contributed by atoms with Gasteiger partial charge in [0, 0.05) is 22.9 Å². The van der Waals surface area contributed by atoms with Crippen LogP contribution in [0.2, 0.25) is 0 Å². The summed E-state index contributed by atoms with van der Waals surface area (Å²) in [7, 11) is 0. The van der Waals surface area contributed by atoms with Crippen LogP contribution in [-0.2, 0) is 0 Å². The van der Waals surface area contributed by atoms with E-state index in [1.54, 1.807) is 24.3 Å². The number of aromatic nitrogens is 1. The number of benzene rings is 2. The van der Waals surface area contributed by atoms with Crippen molar-refractivity contribution in [2.75, 3.05) is 6.54 Å². The first kappa shape index (κ1) is 14.0. The number of aromatic hydroxyl groups is 1. The molecule has 0 amide bonds. The van der Waals surface area contributed by atoms with Gasteiger partial charge in [-0.15, -0.1) is 0 Å². The van der Waals surface area contributed by atoms with Gasteiger partial charge in [0.15, 0.2) is 5.58 Å². The highest BCUT2D eigenvalue weighted by molar-refractivity contribution is 6.06. The molecule has 0 saturated heterocycles. The predicted molar refractivity (Wildman–Crippen MR) is 89.3 cm³/mol. The molecular weight excluding hydrogens is 290 g/mol. The van der Waals surface area contributed by atoms with E-state index >= 15 is 0 Å². The topological polar surface area (TPSA) is 82.1 Å². The Bertz CT molecular complexity index is 1100. The second-order valence-corrected chi connectivity index (χ2v) is 5.74. The first-order valence-corrected chi connectivity index (χ1v) is 7.72. The van der Waals surface area contributed by atoms with E-state index in [4.69, 9.17) is 14.8 Å². The Hall–Kier alpha value is -2.66. The van der Waals surface area contributed by atoms with Crippen molar-refractivity contribution in [1.29, 1.82) is 5.41 Å². The molecule has 1 aromatic heterocycles. The molecule has 0 unspecified atom stereocenters. The van der Waals surface area contributed by atoms with Gasteiger partial charge in [-0.3, -0.25) is 0 Å². The van der Waals surface area contributed by atoms with Crippen molar-refractivity contribution in [2.45, 2.75) is 19.4 Å². The number of nitrogens with zero attached hydrogens (tertiary/aromatic N) is 1. The van der Waals surface area contributed by atoms with Gasteiger partial charge in [0.05, 0.1) is 5.36 Å². The van der Waals surface area contributed by atoms with Gasteiger partial charge < -0.3 is 20.2 Å². The molecule has 1 heterocycles. The molecule has 0 radical (unpaired) electrons. The van der Waals surface area contributed by atoms with Crippen molar-refractivity contribution in [1.82, 2.24) is 10.3 Å². The van der Waals surface area contributed by atoms with E-state index in [1.165, 1.54) is 0 Å². The Morgan fingerprint density at radius 2 is 2.22 bits per heavy atom. The van der Waals surface area contributed by atoms with Gasteiger partial charge in [-0.25, -0.2) is 4.98 Å². The fourth-order valence-electron chi connectivity index (χ4n) is 3.07. The summed E-state index contributed by atoms with van der Waals surface area (Å²) >= 11 is 0. The minimum Gasteiger partial charge on any atom is -0.507 e. The Balaban J connectivity index is 2.08. The quantitative estimate of drug-likeness (QED) is 0.619. The third-order valence-electron chi connectivity index (χ3n) is 4.14. The molecule has 23 heavy (non-hydrogen) atoms. The maximum atomic E-state index is 10.2. The van der Waals surface area contributed by atoms with Gasteiger partial charge in [-0.1, -0.05) is 13.0 Å². The van der Waals surface area contributed by atoms with Crippen molar-refractivity contribution < 1.29 is 9.52 Å². The lowest BCUT2D eigenvalue weighted by molar-refractivity contribution is 0.478. The fourth-order valence-corrected chi connectivity index (χ4v) is 3.07. The minimum atomic E-state index is 0.140. The van der Waals surface area contributed by atoms with Crippen LogP contribution in [0.25, 0.3) is 34.0 Å². The van der Waals surface area contributed by atoms with Crippen LogP contribution in [0.15, 0.2) is 28.7 Å². The fraction of sp³-hybridized carbons (Fsp3) is 0.222. The Morgan fingerprint density at radius 1 is 1.35 bits per heavy atom. The van der Waals surface area contributed by atoms with Crippen molar-refractivity contribution in [3.05, 3.63) is 40.4 Å². The molecule has 5 heteroatoms. The Labute approximate surface area is 132 Å². The van der Waals surface area contributed by atoms with Crippen LogP contribution in [-0.4, -0.2) is 22.7 Å². The van der Waals surface area contributed by atoms with Crippen LogP contribution < -0.4 is 21.4 Å². The number of nitrogens with one attached hydrogen (secondary N) is 2. The van der Waals surface area contributed by atoms with Crippen LogP contribution in [0.5, 0.6) is 5.75 Å². The summed E-state index contributed by atoms with van der Waals surface area (Å²) < 4.78 is 5.98. The van der Waals surface area contributed by atoms with Gasteiger partial charge in [-0.2, -0.15) is 0 Å². The highest BCUT2D eigenvalue weighted by atomic mass is 16.3. The molecule has 2 aromatic carbocycles. The Kier molecular flexibility index (Phi) is 3.16. The lowest BCUT2D eigenvalue weighted by Gasteiger charge is -2.14. The lowest BCUT2D eigenvalue weighted by atomic mass is 10.1. The number of phenolic OH excluding ortho intramolecular Hbond substituents is 1. The van der Waals surface area contributed by atoms with Gasteiger partial charge >= 0.3 is 0 Å². The first-order chi connectivity index (χ1) is 11.2. The van der Waals surface area contributed by atoms with Crippen molar-refractivity contribution in [3.63, 3.8) is 0 Å². The number of fused-ring (bicyclic) bond motifs is 4. The van der Waals surface area contributed by atoms with Gasteiger partial charge in [0.25, 0.3) is 0 Å². The molecule has 1 aliphatic carbocycles. The number of rotatable bonds is 2. The molecule has 116 valence electrons. The van der Waals surface area contributed by atoms with Crippen molar-refractivity contribution >= 4 is 34.0 Å². The van der Waals surface area contributed by atoms with E-state index in [-0.39, 0.29) is 11.8 Å². The highest BCUT2D eigenvalue weighted by Crippen LogP contribution is 2.29. The summed E-state index contributed by atoms with van der Waals surface area (Å²) in [6.45, 7) is 2.96. The van der Waals surface area contributed by atoms with Crippen LogP contribution in [0.4, 0.5) is 0 Å². The predicted octanol–water partition coefficient (Wildman–Crippen LogP) is 1.11. The highest BCUT2D eigenvalue weighted by Gasteiger charge is 2.12. The summed E-state index contributed by atoms with van der Waals surface area (Å²) in [5.74, 6) is 0.140. The molecule has 1 aliphatic rings. The second-order valence-electron chi connectivity index (χ2n) is 5.74. The van der Waals surface area contributed by atoms with Gasteiger partial charge in [0.2, 0.25) is 0 Å². The van der Waals surface area contributed by atoms with Crippen LogP contribution in [0.1, 0.15) is 13.3 Å². The molecule has 0 fully saturated rings. The van der Waals surface area contributed by atoms with E-state index in [9.17, 15) is 5.11 Å². The molecular formula is C18H17N3O2. The third-order valence-corrected chi connectivity index (χ3v) is 4.14. The monoisotopic (exact) mass is 307 g/mol.